The standard InChI is InChI=1S/C9H18N2O/c1-8(12)10-9(5-4-6-9)7-11(2)3/h4-7H2,1-3H3,(H,10,12). The monoisotopic (exact) mass is 170 g/mol. The lowest BCUT2D eigenvalue weighted by atomic mass is 9.76. The van der Waals surface area contributed by atoms with Gasteiger partial charge in [0.15, 0.2) is 0 Å². The number of amides is 1. The van der Waals surface area contributed by atoms with Crippen molar-refractivity contribution in [2.24, 2.45) is 0 Å². The zero-order valence-corrected chi connectivity index (χ0v) is 8.18. The van der Waals surface area contributed by atoms with Crippen molar-refractivity contribution >= 4 is 5.91 Å². The Morgan fingerprint density at radius 3 is 2.33 bits per heavy atom. The second-order valence-electron chi connectivity index (χ2n) is 4.05. The summed E-state index contributed by atoms with van der Waals surface area (Å²) in [5.41, 5.74) is 0.0926. The Kier molecular flexibility index (Phi) is 2.73. The Labute approximate surface area is 74.1 Å². The summed E-state index contributed by atoms with van der Waals surface area (Å²) >= 11 is 0. The number of nitrogens with zero attached hydrogens (tertiary/aromatic N) is 1. The molecule has 0 aromatic carbocycles. The van der Waals surface area contributed by atoms with Crippen LogP contribution in [0.25, 0.3) is 0 Å². The molecule has 0 bridgehead atoms. The van der Waals surface area contributed by atoms with E-state index in [4.69, 9.17) is 0 Å². The number of carbonyl (C=O) groups excluding carboxylic acids is 1. The average molecular weight is 170 g/mol. The average Bonchev–Trinajstić information content (AvgIpc) is 1.80. The molecular weight excluding hydrogens is 152 g/mol. The van der Waals surface area contributed by atoms with Gasteiger partial charge in [-0.3, -0.25) is 4.79 Å². The topological polar surface area (TPSA) is 32.3 Å². The number of hydrogen-bond donors (Lipinski definition) is 1. The van der Waals surface area contributed by atoms with E-state index in [1.807, 2.05) is 14.1 Å². The zero-order valence-electron chi connectivity index (χ0n) is 8.18. The Morgan fingerprint density at radius 2 is 2.08 bits per heavy atom. The van der Waals surface area contributed by atoms with E-state index in [0.717, 1.165) is 19.4 Å². The highest BCUT2D eigenvalue weighted by atomic mass is 16.1. The van der Waals surface area contributed by atoms with Crippen molar-refractivity contribution in [3.8, 4) is 0 Å². The molecule has 1 amide bonds. The van der Waals surface area contributed by atoms with Gasteiger partial charge in [0.2, 0.25) is 5.91 Å². The summed E-state index contributed by atoms with van der Waals surface area (Å²) in [5, 5.41) is 3.04. The van der Waals surface area contributed by atoms with E-state index in [1.165, 1.54) is 6.42 Å². The number of rotatable bonds is 3. The molecule has 12 heavy (non-hydrogen) atoms. The molecule has 3 nitrogen and oxygen atoms in total. The van der Waals surface area contributed by atoms with Gasteiger partial charge >= 0.3 is 0 Å². The van der Waals surface area contributed by atoms with Crippen molar-refractivity contribution in [3.63, 3.8) is 0 Å². The van der Waals surface area contributed by atoms with Crippen molar-refractivity contribution in [1.82, 2.24) is 10.2 Å². The molecule has 0 radical (unpaired) electrons. The van der Waals surface area contributed by atoms with E-state index >= 15 is 0 Å². The van der Waals surface area contributed by atoms with Gasteiger partial charge in [0, 0.05) is 13.5 Å². The first-order valence-corrected chi connectivity index (χ1v) is 4.48. The van der Waals surface area contributed by atoms with Crippen LogP contribution in [-0.4, -0.2) is 37.0 Å². The minimum Gasteiger partial charge on any atom is -0.350 e. The van der Waals surface area contributed by atoms with Gasteiger partial charge in [-0.1, -0.05) is 0 Å². The first-order chi connectivity index (χ1) is 5.54. The number of likely N-dealkylation sites (N-methyl/N-ethyl adjacent to an activating group) is 1. The molecule has 0 heterocycles. The van der Waals surface area contributed by atoms with Gasteiger partial charge in [-0.05, 0) is 33.4 Å². The van der Waals surface area contributed by atoms with Crippen molar-refractivity contribution in [2.45, 2.75) is 31.7 Å². The molecule has 1 aliphatic rings. The van der Waals surface area contributed by atoms with Crippen molar-refractivity contribution in [2.75, 3.05) is 20.6 Å². The van der Waals surface area contributed by atoms with Gasteiger partial charge in [0.25, 0.3) is 0 Å². The Hall–Kier alpha value is -0.570. The molecule has 0 aliphatic heterocycles. The van der Waals surface area contributed by atoms with E-state index in [-0.39, 0.29) is 11.4 Å². The maximum absolute atomic E-state index is 10.9. The molecule has 0 atom stereocenters. The molecule has 1 rings (SSSR count). The van der Waals surface area contributed by atoms with Crippen LogP contribution in [0.5, 0.6) is 0 Å². The third kappa shape index (κ3) is 2.21. The summed E-state index contributed by atoms with van der Waals surface area (Å²) in [5.74, 6) is 0.0940. The summed E-state index contributed by atoms with van der Waals surface area (Å²) in [7, 11) is 4.09. The number of carbonyl (C=O) groups is 1. The highest BCUT2D eigenvalue weighted by Gasteiger charge is 2.37. The predicted octanol–water partition coefficient (Wildman–Crippen LogP) is 0.607. The minimum atomic E-state index is 0.0926. The minimum absolute atomic E-state index is 0.0926. The Bertz CT molecular complexity index is 173. The van der Waals surface area contributed by atoms with Gasteiger partial charge in [-0.2, -0.15) is 0 Å². The summed E-state index contributed by atoms with van der Waals surface area (Å²) in [6.07, 6.45) is 3.50. The molecule has 0 spiro atoms. The fourth-order valence-corrected chi connectivity index (χ4v) is 1.90. The molecule has 0 saturated heterocycles. The van der Waals surface area contributed by atoms with E-state index in [2.05, 4.69) is 10.2 Å². The van der Waals surface area contributed by atoms with Crippen LogP contribution in [-0.2, 0) is 4.79 Å². The van der Waals surface area contributed by atoms with Crippen LogP contribution in [0.3, 0.4) is 0 Å². The lowest BCUT2D eigenvalue weighted by Gasteiger charge is -2.44. The van der Waals surface area contributed by atoms with Crippen LogP contribution in [0.1, 0.15) is 26.2 Å². The van der Waals surface area contributed by atoms with Crippen LogP contribution in [0.15, 0.2) is 0 Å². The fraction of sp³-hybridized carbons (Fsp3) is 0.889. The van der Waals surface area contributed by atoms with Gasteiger partial charge in [0.05, 0.1) is 5.54 Å². The number of hydrogen-bond acceptors (Lipinski definition) is 2. The van der Waals surface area contributed by atoms with Crippen LogP contribution in [0.2, 0.25) is 0 Å². The predicted molar refractivity (Wildman–Crippen MR) is 49.0 cm³/mol. The maximum atomic E-state index is 10.9. The van der Waals surface area contributed by atoms with Gasteiger partial charge in [-0.15, -0.1) is 0 Å². The molecule has 1 aliphatic carbocycles. The highest BCUT2D eigenvalue weighted by molar-refractivity contribution is 5.74. The van der Waals surface area contributed by atoms with E-state index in [1.54, 1.807) is 6.92 Å². The summed E-state index contributed by atoms with van der Waals surface area (Å²) in [6.45, 7) is 2.56. The van der Waals surface area contributed by atoms with Gasteiger partial charge in [-0.25, -0.2) is 0 Å². The van der Waals surface area contributed by atoms with Gasteiger partial charge < -0.3 is 10.2 Å². The van der Waals surface area contributed by atoms with E-state index < -0.39 is 0 Å². The summed E-state index contributed by atoms with van der Waals surface area (Å²) < 4.78 is 0. The largest absolute Gasteiger partial charge is 0.350 e. The molecule has 1 saturated carbocycles. The smallest absolute Gasteiger partial charge is 0.217 e. The Morgan fingerprint density at radius 1 is 1.50 bits per heavy atom. The number of nitrogens with one attached hydrogen (secondary N) is 1. The lowest BCUT2D eigenvalue weighted by Crippen LogP contribution is -2.58. The summed E-state index contributed by atoms with van der Waals surface area (Å²) in [4.78, 5) is 13.0. The lowest BCUT2D eigenvalue weighted by molar-refractivity contribution is -0.122. The highest BCUT2D eigenvalue weighted by Crippen LogP contribution is 2.32. The molecule has 70 valence electrons. The van der Waals surface area contributed by atoms with Crippen molar-refractivity contribution in [3.05, 3.63) is 0 Å². The van der Waals surface area contributed by atoms with Crippen LogP contribution in [0, 0.1) is 0 Å². The molecule has 0 aromatic rings. The van der Waals surface area contributed by atoms with E-state index in [0.29, 0.717) is 0 Å². The third-order valence-corrected chi connectivity index (χ3v) is 2.37. The molecule has 1 fully saturated rings. The fourth-order valence-electron chi connectivity index (χ4n) is 1.90. The van der Waals surface area contributed by atoms with E-state index in [9.17, 15) is 4.79 Å². The Balaban J connectivity index is 2.45. The van der Waals surface area contributed by atoms with Crippen LogP contribution < -0.4 is 5.32 Å². The maximum Gasteiger partial charge on any atom is 0.217 e. The van der Waals surface area contributed by atoms with Crippen LogP contribution >= 0.6 is 0 Å². The van der Waals surface area contributed by atoms with Crippen molar-refractivity contribution < 1.29 is 4.79 Å². The first kappa shape index (κ1) is 9.52. The second kappa shape index (κ2) is 3.44. The summed E-state index contributed by atoms with van der Waals surface area (Å²) in [6, 6.07) is 0. The zero-order chi connectivity index (χ0) is 9.19. The first-order valence-electron chi connectivity index (χ1n) is 4.48. The molecule has 0 aromatic heterocycles. The molecule has 3 heteroatoms. The van der Waals surface area contributed by atoms with Crippen LogP contribution in [0.4, 0.5) is 0 Å². The van der Waals surface area contributed by atoms with Crippen molar-refractivity contribution in [1.29, 1.82) is 0 Å². The molecule has 0 unspecified atom stereocenters. The normalized spacial score (nSPS) is 20.3. The second-order valence-corrected chi connectivity index (χ2v) is 4.05. The molecule has 1 N–H and O–H groups in total. The SMILES string of the molecule is CC(=O)NC1(CN(C)C)CCC1. The third-order valence-electron chi connectivity index (χ3n) is 2.37. The van der Waals surface area contributed by atoms with Gasteiger partial charge in [0.1, 0.15) is 0 Å². The molecular formula is C9H18N2O. The quantitative estimate of drug-likeness (QED) is 0.673.